The van der Waals surface area contributed by atoms with E-state index in [2.05, 4.69) is 5.32 Å². The number of benzene rings is 2. The minimum atomic E-state index is -0.780. The topological polar surface area (TPSA) is 64.6 Å². The molecule has 1 N–H and O–H groups in total. The van der Waals surface area contributed by atoms with Gasteiger partial charge in [0.2, 0.25) is 0 Å². The van der Waals surface area contributed by atoms with Gasteiger partial charge in [0, 0.05) is 16.0 Å². The van der Waals surface area contributed by atoms with Crippen LogP contribution in [0, 0.1) is 20.8 Å². The van der Waals surface area contributed by atoms with Crippen molar-refractivity contribution in [1.29, 1.82) is 0 Å². The molecule has 0 aliphatic heterocycles. The molecule has 0 bridgehead atoms. The van der Waals surface area contributed by atoms with E-state index in [1.165, 1.54) is 16.9 Å². The molecule has 1 aromatic heterocycles. The van der Waals surface area contributed by atoms with Gasteiger partial charge in [-0.05, 0) is 75.1 Å². The van der Waals surface area contributed by atoms with Crippen molar-refractivity contribution in [3.8, 4) is 16.9 Å². The lowest BCUT2D eigenvalue weighted by molar-refractivity contribution is -0.122. The summed E-state index contributed by atoms with van der Waals surface area (Å²) in [6, 6.07) is 11.2. The molecule has 5 nitrogen and oxygen atoms in total. The predicted molar refractivity (Wildman–Crippen MR) is 130 cm³/mol. The molecule has 0 spiro atoms. The van der Waals surface area contributed by atoms with Crippen LogP contribution in [0.3, 0.4) is 0 Å². The van der Waals surface area contributed by atoms with Crippen molar-refractivity contribution in [1.82, 2.24) is 0 Å². The van der Waals surface area contributed by atoms with Crippen molar-refractivity contribution in [3.05, 3.63) is 69.1 Å². The molecular weight excluding hydrogens is 446 g/mol. The molecule has 0 saturated heterocycles. The van der Waals surface area contributed by atoms with Gasteiger partial charge in [-0.3, -0.25) is 4.79 Å². The Hall–Kier alpha value is -2.83. The number of esters is 1. The van der Waals surface area contributed by atoms with E-state index in [0.717, 1.165) is 22.3 Å². The molecule has 3 rings (SSSR count). The Balaban J connectivity index is 1.88. The second-order valence-corrected chi connectivity index (χ2v) is 8.85. The number of amides is 1. The zero-order chi connectivity index (χ0) is 23.4. The summed E-state index contributed by atoms with van der Waals surface area (Å²) in [5, 5.41) is 5.74. The highest BCUT2D eigenvalue weighted by molar-refractivity contribution is 7.15. The number of hydrogen-bond acceptors (Lipinski definition) is 5. The Bertz CT molecular complexity index is 1150. The van der Waals surface area contributed by atoms with E-state index in [0.29, 0.717) is 21.3 Å². The van der Waals surface area contributed by atoms with Crippen LogP contribution in [0.4, 0.5) is 5.00 Å². The smallest absolute Gasteiger partial charge is 0.341 e. The van der Waals surface area contributed by atoms with Gasteiger partial charge in [0.1, 0.15) is 16.3 Å². The first-order chi connectivity index (χ1) is 15.2. The van der Waals surface area contributed by atoms with Crippen molar-refractivity contribution in [2.45, 2.75) is 40.7 Å². The Kier molecular flexibility index (Phi) is 7.59. The van der Waals surface area contributed by atoms with Gasteiger partial charge in [-0.25, -0.2) is 4.79 Å². The number of ether oxygens (including phenoxy) is 2. The molecule has 1 atom stereocenters. The van der Waals surface area contributed by atoms with E-state index in [-0.39, 0.29) is 12.5 Å². The van der Waals surface area contributed by atoms with Crippen LogP contribution in [-0.2, 0) is 9.53 Å². The standard InChI is InChI=1S/C25H26ClNO4S/c1-6-30-25(29)22-20(18-8-7-14(2)15(3)11-18)13-32-24(22)27-23(28)17(5)31-21-10-9-19(26)12-16(21)4/h7-13,17H,6H2,1-5H3,(H,27,28). The minimum absolute atomic E-state index is 0.240. The van der Waals surface area contributed by atoms with Gasteiger partial charge in [0.05, 0.1) is 6.61 Å². The quantitative estimate of drug-likeness (QED) is 0.395. The summed E-state index contributed by atoms with van der Waals surface area (Å²) in [5.74, 6) is -0.262. The fraction of sp³-hybridized carbons (Fsp3) is 0.280. The Morgan fingerprint density at radius 3 is 2.47 bits per heavy atom. The molecule has 0 aliphatic rings. The van der Waals surface area contributed by atoms with Crippen molar-refractivity contribution < 1.29 is 19.1 Å². The summed E-state index contributed by atoms with van der Waals surface area (Å²) >= 11 is 7.28. The van der Waals surface area contributed by atoms with E-state index in [1.54, 1.807) is 32.0 Å². The van der Waals surface area contributed by atoms with E-state index in [9.17, 15) is 9.59 Å². The number of carbonyl (C=O) groups excluding carboxylic acids is 2. The maximum Gasteiger partial charge on any atom is 0.341 e. The summed E-state index contributed by atoms with van der Waals surface area (Å²) in [6.07, 6.45) is -0.780. The van der Waals surface area contributed by atoms with Gasteiger partial charge < -0.3 is 14.8 Å². The van der Waals surface area contributed by atoms with Gasteiger partial charge in [0.25, 0.3) is 5.91 Å². The molecule has 7 heteroatoms. The molecule has 32 heavy (non-hydrogen) atoms. The fourth-order valence-corrected chi connectivity index (χ4v) is 4.37. The third-order valence-electron chi connectivity index (χ3n) is 5.14. The molecule has 0 radical (unpaired) electrons. The van der Waals surface area contributed by atoms with E-state index >= 15 is 0 Å². The average molecular weight is 472 g/mol. The maximum absolute atomic E-state index is 12.9. The van der Waals surface area contributed by atoms with Gasteiger partial charge in [0.15, 0.2) is 6.10 Å². The number of halogens is 1. The zero-order valence-corrected chi connectivity index (χ0v) is 20.3. The molecular formula is C25H26ClNO4S. The lowest BCUT2D eigenvalue weighted by Gasteiger charge is -2.16. The second kappa shape index (κ2) is 10.2. The molecule has 1 unspecified atom stereocenters. The molecule has 1 amide bonds. The number of thiophene rings is 1. The van der Waals surface area contributed by atoms with Crippen LogP contribution < -0.4 is 10.1 Å². The molecule has 0 fully saturated rings. The first-order valence-corrected chi connectivity index (χ1v) is 11.6. The zero-order valence-electron chi connectivity index (χ0n) is 18.7. The average Bonchev–Trinajstić information content (AvgIpc) is 3.15. The largest absolute Gasteiger partial charge is 0.481 e. The first kappa shape index (κ1) is 23.8. The molecule has 168 valence electrons. The van der Waals surface area contributed by atoms with Crippen LogP contribution in [0.5, 0.6) is 5.75 Å². The number of rotatable bonds is 7. The highest BCUT2D eigenvalue weighted by Crippen LogP contribution is 2.37. The number of hydrogen-bond donors (Lipinski definition) is 1. The molecule has 0 aliphatic carbocycles. The highest BCUT2D eigenvalue weighted by atomic mass is 35.5. The van der Waals surface area contributed by atoms with Crippen LogP contribution in [-0.4, -0.2) is 24.6 Å². The number of anilines is 1. The van der Waals surface area contributed by atoms with E-state index < -0.39 is 12.1 Å². The van der Waals surface area contributed by atoms with E-state index in [1.807, 2.05) is 44.4 Å². The Morgan fingerprint density at radius 2 is 1.81 bits per heavy atom. The number of carbonyl (C=O) groups is 2. The van der Waals surface area contributed by atoms with Gasteiger partial charge in [-0.1, -0.05) is 29.8 Å². The number of nitrogens with one attached hydrogen (secondary N) is 1. The van der Waals surface area contributed by atoms with Gasteiger partial charge in [-0.2, -0.15) is 0 Å². The number of aryl methyl sites for hydroxylation is 3. The summed E-state index contributed by atoms with van der Waals surface area (Å²) in [6.45, 7) is 9.57. The summed E-state index contributed by atoms with van der Waals surface area (Å²) in [5.41, 5.74) is 5.09. The Morgan fingerprint density at radius 1 is 1.06 bits per heavy atom. The van der Waals surface area contributed by atoms with Crippen molar-refractivity contribution in [3.63, 3.8) is 0 Å². The second-order valence-electron chi connectivity index (χ2n) is 7.53. The van der Waals surface area contributed by atoms with Gasteiger partial charge in [-0.15, -0.1) is 11.3 Å². The third kappa shape index (κ3) is 5.31. The fourth-order valence-electron chi connectivity index (χ4n) is 3.18. The molecule has 0 saturated carbocycles. The van der Waals surface area contributed by atoms with Crippen LogP contribution in [0.1, 0.15) is 40.9 Å². The predicted octanol–water partition coefficient (Wildman–Crippen LogP) is 6.58. The van der Waals surface area contributed by atoms with Crippen LogP contribution in [0.2, 0.25) is 5.02 Å². The molecule has 1 heterocycles. The summed E-state index contributed by atoms with van der Waals surface area (Å²) in [4.78, 5) is 25.6. The summed E-state index contributed by atoms with van der Waals surface area (Å²) < 4.78 is 11.1. The minimum Gasteiger partial charge on any atom is -0.481 e. The molecule has 3 aromatic rings. The van der Waals surface area contributed by atoms with Crippen LogP contribution in [0.15, 0.2) is 41.8 Å². The first-order valence-electron chi connectivity index (χ1n) is 10.3. The Labute approximate surface area is 197 Å². The summed E-state index contributed by atoms with van der Waals surface area (Å²) in [7, 11) is 0. The van der Waals surface area contributed by atoms with Crippen LogP contribution >= 0.6 is 22.9 Å². The van der Waals surface area contributed by atoms with E-state index in [4.69, 9.17) is 21.1 Å². The monoisotopic (exact) mass is 471 g/mol. The van der Waals surface area contributed by atoms with Gasteiger partial charge >= 0.3 is 5.97 Å². The lowest BCUT2D eigenvalue weighted by atomic mass is 9.99. The van der Waals surface area contributed by atoms with Crippen molar-refractivity contribution >= 4 is 39.8 Å². The normalized spacial score (nSPS) is 11.7. The lowest BCUT2D eigenvalue weighted by Crippen LogP contribution is -2.30. The molecule has 2 aromatic carbocycles. The highest BCUT2D eigenvalue weighted by Gasteiger charge is 2.25. The van der Waals surface area contributed by atoms with Crippen LogP contribution in [0.25, 0.3) is 11.1 Å². The van der Waals surface area contributed by atoms with Crippen molar-refractivity contribution in [2.24, 2.45) is 0 Å². The maximum atomic E-state index is 12.9. The SMILES string of the molecule is CCOC(=O)c1c(-c2ccc(C)c(C)c2)csc1NC(=O)C(C)Oc1ccc(Cl)cc1C. The van der Waals surface area contributed by atoms with Crippen molar-refractivity contribution in [2.75, 3.05) is 11.9 Å². The third-order valence-corrected chi connectivity index (χ3v) is 6.27.